The first-order chi connectivity index (χ1) is 6.77. The number of rotatable bonds is 2. The van der Waals surface area contributed by atoms with Crippen molar-refractivity contribution in [2.75, 3.05) is 19.0 Å². The molecule has 0 spiro atoms. The molecular weight excluding hydrogens is 176 g/mol. The van der Waals surface area contributed by atoms with Gasteiger partial charge in [0.05, 0.1) is 0 Å². The van der Waals surface area contributed by atoms with E-state index in [2.05, 4.69) is 27.2 Å². The molecule has 4 nitrogen and oxygen atoms in total. The number of nitrogens with zero attached hydrogens (tertiary/aromatic N) is 4. The van der Waals surface area contributed by atoms with E-state index >= 15 is 0 Å². The van der Waals surface area contributed by atoms with Crippen LogP contribution in [0.4, 0.5) is 5.69 Å². The van der Waals surface area contributed by atoms with Crippen molar-refractivity contribution >= 4 is 5.69 Å². The number of aromatic nitrogens is 3. The Morgan fingerprint density at radius 2 is 1.57 bits per heavy atom. The molecule has 0 radical (unpaired) electrons. The third kappa shape index (κ3) is 1.59. The summed E-state index contributed by atoms with van der Waals surface area (Å²) in [6, 6.07) is 8.21. The van der Waals surface area contributed by atoms with Crippen molar-refractivity contribution < 1.29 is 0 Å². The van der Waals surface area contributed by atoms with Gasteiger partial charge in [-0.25, -0.2) is 0 Å². The predicted molar refractivity (Wildman–Crippen MR) is 55.7 cm³/mol. The van der Waals surface area contributed by atoms with Crippen molar-refractivity contribution in [3.8, 4) is 5.69 Å². The van der Waals surface area contributed by atoms with Crippen LogP contribution in [0.5, 0.6) is 0 Å². The van der Waals surface area contributed by atoms with Gasteiger partial charge in [0.15, 0.2) is 0 Å². The molecule has 0 aliphatic heterocycles. The zero-order chi connectivity index (χ0) is 9.97. The molecule has 1 aromatic heterocycles. The summed E-state index contributed by atoms with van der Waals surface area (Å²) in [6.07, 6.45) is 3.37. The Balaban J connectivity index is 2.31. The van der Waals surface area contributed by atoms with Crippen molar-refractivity contribution in [1.82, 2.24) is 14.8 Å². The fourth-order valence-corrected chi connectivity index (χ4v) is 1.26. The second-order valence-electron chi connectivity index (χ2n) is 3.28. The van der Waals surface area contributed by atoms with Gasteiger partial charge in [-0.3, -0.25) is 4.57 Å². The summed E-state index contributed by atoms with van der Waals surface area (Å²) >= 11 is 0. The maximum Gasteiger partial charge on any atom is 0.123 e. The van der Waals surface area contributed by atoms with E-state index < -0.39 is 0 Å². The molecule has 1 aromatic carbocycles. The smallest absolute Gasteiger partial charge is 0.123 e. The van der Waals surface area contributed by atoms with Crippen LogP contribution in [0, 0.1) is 0 Å². The van der Waals surface area contributed by atoms with Gasteiger partial charge in [0.1, 0.15) is 12.7 Å². The molecule has 4 heteroatoms. The van der Waals surface area contributed by atoms with E-state index in [-0.39, 0.29) is 0 Å². The van der Waals surface area contributed by atoms with E-state index in [0.717, 1.165) is 5.69 Å². The van der Waals surface area contributed by atoms with E-state index in [1.54, 1.807) is 12.7 Å². The van der Waals surface area contributed by atoms with Crippen LogP contribution in [0.25, 0.3) is 5.69 Å². The Morgan fingerprint density at radius 1 is 1.00 bits per heavy atom. The van der Waals surface area contributed by atoms with Crippen molar-refractivity contribution in [3.05, 3.63) is 36.9 Å². The predicted octanol–water partition coefficient (Wildman–Crippen LogP) is 1.33. The Kier molecular flexibility index (Phi) is 2.18. The van der Waals surface area contributed by atoms with Crippen LogP contribution in [-0.2, 0) is 0 Å². The molecule has 0 amide bonds. The first kappa shape index (κ1) is 8.74. The number of hydrogen-bond donors (Lipinski definition) is 0. The second kappa shape index (κ2) is 3.49. The average molecular weight is 188 g/mol. The van der Waals surface area contributed by atoms with Gasteiger partial charge in [-0.2, -0.15) is 0 Å². The highest BCUT2D eigenvalue weighted by molar-refractivity contribution is 5.49. The van der Waals surface area contributed by atoms with Gasteiger partial charge >= 0.3 is 0 Å². The number of benzene rings is 1. The third-order valence-electron chi connectivity index (χ3n) is 2.08. The summed E-state index contributed by atoms with van der Waals surface area (Å²) in [6.45, 7) is 0. The SMILES string of the molecule is CN(C)c1ccc(-n2cnnc2)cc1. The molecule has 14 heavy (non-hydrogen) atoms. The molecule has 0 bridgehead atoms. The standard InChI is InChI=1S/C10H12N4/c1-13(2)9-3-5-10(6-4-9)14-7-11-12-8-14/h3-8H,1-2H3. The van der Waals surface area contributed by atoms with E-state index in [0.29, 0.717) is 0 Å². The lowest BCUT2D eigenvalue weighted by atomic mass is 10.2. The van der Waals surface area contributed by atoms with Crippen molar-refractivity contribution in [1.29, 1.82) is 0 Å². The topological polar surface area (TPSA) is 34.0 Å². The normalized spacial score (nSPS) is 10.1. The maximum atomic E-state index is 3.76. The monoisotopic (exact) mass is 188 g/mol. The fourth-order valence-electron chi connectivity index (χ4n) is 1.26. The van der Waals surface area contributed by atoms with Crippen molar-refractivity contribution in [2.45, 2.75) is 0 Å². The van der Waals surface area contributed by atoms with Crippen LogP contribution < -0.4 is 4.90 Å². The molecule has 0 atom stereocenters. The molecule has 0 aliphatic rings. The summed E-state index contributed by atoms with van der Waals surface area (Å²) in [7, 11) is 4.04. The molecule has 0 saturated carbocycles. The van der Waals surface area contributed by atoms with Crippen LogP contribution >= 0.6 is 0 Å². The highest BCUT2D eigenvalue weighted by Gasteiger charge is 1.97. The molecule has 0 N–H and O–H groups in total. The Bertz CT molecular complexity index is 389. The van der Waals surface area contributed by atoms with Crippen LogP contribution in [0.1, 0.15) is 0 Å². The average Bonchev–Trinajstić information content (AvgIpc) is 2.71. The van der Waals surface area contributed by atoms with Crippen LogP contribution in [0.15, 0.2) is 36.9 Å². The molecule has 0 saturated heterocycles. The highest BCUT2D eigenvalue weighted by Crippen LogP contribution is 2.14. The highest BCUT2D eigenvalue weighted by atomic mass is 15.2. The van der Waals surface area contributed by atoms with E-state index in [9.17, 15) is 0 Å². The summed E-state index contributed by atoms with van der Waals surface area (Å²) < 4.78 is 1.87. The molecular formula is C10H12N4. The molecule has 0 fully saturated rings. The van der Waals surface area contributed by atoms with Crippen LogP contribution in [0.3, 0.4) is 0 Å². The fraction of sp³-hybridized carbons (Fsp3) is 0.200. The zero-order valence-corrected chi connectivity index (χ0v) is 8.25. The minimum Gasteiger partial charge on any atom is -0.378 e. The van der Waals surface area contributed by atoms with Crippen LogP contribution in [-0.4, -0.2) is 28.9 Å². The van der Waals surface area contributed by atoms with Crippen molar-refractivity contribution in [3.63, 3.8) is 0 Å². The third-order valence-corrected chi connectivity index (χ3v) is 2.08. The Morgan fingerprint density at radius 3 is 2.07 bits per heavy atom. The van der Waals surface area contributed by atoms with Gasteiger partial charge in [-0.05, 0) is 24.3 Å². The van der Waals surface area contributed by atoms with E-state index in [1.165, 1.54) is 5.69 Å². The van der Waals surface area contributed by atoms with E-state index in [1.807, 2.05) is 30.8 Å². The number of anilines is 1. The molecule has 0 aliphatic carbocycles. The molecule has 2 aromatic rings. The lowest BCUT2D eigenvalue weighted by molar-refractivity contribution is 1.05. The minimum absolute atomic E-state index is 1.07. The van der Waals surface area contributed by atoms with Gasteiger partial charge < -0.3 is 4.90 Å². The summed E-state index contributed by atoms with van der Waals surface area (Å²) in [5.74, 6) is 0. The minimum atomic E-state index is 1.07. The van der Waals surface area contributed by atoms with Gasteiger partial charge in [0.25, 0.3) is 0 Å². The van der Waals surface area contributed by atoms with Crippen LogP contribution in [0.2, 0.25) is 0 Å². The van der Waals surface area contributed by atoms with Gasteiger partial charge in [-0.1, -0.05) is 0 Å². The maximum absolute atomic E-state index is 3.76. The quantitative estimate of drug-likeness (QED) is 0.713. The molecule has 0 unspecified atom stereocenters. The molecule has 2 rings (SSSR count). The zero-order valence-electron chi connectivity index (χ0n) is 8.25. The Hall–Kier alpha value is -1.84. The van der Waals surface area contributed by atoms with E-state index in [4.69, 9.17) is 0 Å². The first-order valence-corrected chi connectivity index (χ1v) is 4.40. The van der Waals surface area contributed by atoms with Crippen molar-refractivity contribution in [2.24, 2.45) is 0 Å². The van der Waals surface area contributed by atoms with Gasteiger partial charge in [0.2, 0.25) is 0 Å². The number of hydrogen-bond acceptors (Lipinski definition) is 3. The lowest BCUT2D eigenvalue weighted by Gasteiger charge is -2.12. The lowest BCUT2D eigenvalue weighted by Crippen LogP contribution is -2.08. The Labute approximate surface area is 82.8 Å². The van der Waals surface area contributed by atoms with Gasteiger partial charge in [-0.15, -0.1) is 10.2 Å². The summed E-state index contributed by atoms with van der Waals surface area (Å²) in [4.78, 5) is 2.07. The summed E-state index contributed by atoms with van der Waals surface area (Å²) in [5, 5.41) is 7.52. The first-order valence-electron chi connectivity index (χ1n) is 4.40. The molecule has 1 heterocycles. The summed E-state index contributed by atoms with van der Waals surface area (Å²) in [5.41, 5.74) is 2.25. The molecule has 72 valence electrons. The second-order valence-corrected chi connectivity index (χ2v) is 3.28. The largest absolute Gasteiger partial charge is 0.378 e. The van der Waals surface area contributed by atoms with Gasteiger partial charge in [0, 0.05) is 25.5 Å².